The molecule has 0 fully saturated rings. The van der Waals surface area contributed by atoms with Crippen LogP contribution in [0, 0.1) is 18.3 Å². The molecule has 0 N–H and O–H groups in total. The van der Waals surface area contributed by atoms with Crippen LogP contribution in [0.15, 0.2) is 65.1 Å². The van der Waals surface area contributed by atoms with Crippen LogP contribution in [0.1, 0.15) is 17.1 Å². The summed E-state index contributed by atoms with van der Waals surface area (Å²) in [5.41, 5.74) is 3.22. The molecule has 0 amide bonds. The van der Waals surface area contributed by atoms with Gasteiger partial charge in [-0.05, 0) is 30.2 Å². The molecule has 0 aliphatic rings. The van der Waals surface area contributed by atoms with Crippen LogP contribution in [0.5, 0.6) is 5.75 Å². The first-order chi connectivity index (χ1) is 10.8. The normalized spacial score (nSPS) is 10.2. The van der Waals surface area contributed by atoms with E-state index >= 15 is 0 Å². The lowest BCUT2D eigenvalue weighted by atomic mass is 10.1. The first-order valence-corrected chi connectivity index (χ1v) is 7.04. The van der Waals surface area contributed by atoms with Crippen molar-refractivity contribution in [2.45, 2.75) is 13.5 Å². The van der Waals surface area contributed by atoms with E-state index in [-0.39, 0.29) is 0 Å². The minimum Gasteiger partial charge on any atom is -0.489 e. The van der Waals surface area contributed by atoms with Crippen molar-refractivity contribution >= 4 is 0 Å². The number of rotatable bonds is 4. The fourth-order valence-corrected chi connectivity index (χ4v) is 2.25. The summed E-state index contributed by atoms with van der Waals surface area (Å²) in [6.45, 7) is 2.22. The monoisotopic (exact) mass is 289 g/mol. The van der Waals surface area contributed by atoms with Gasteiger partial charge in [-0.25, -0.2) is 0 Å². The topological polar surface area (TPSA) is 46.2 Å². The summed E-state index contributed by atoms with van der Waals surface area (Å²) in [5, 5.41) is 8.81. The van der Waals surface area contributed by atoms with Crippen LogP contribution in [0.3, 0.4) is 0 Å². The van der Waals surface area contributed by atoms with Crippen LogP contribution in [0.25, 0.3) is 11.1 Å². The first-order valence-electron chi connectivity index (χ1n) is 7.04. The Balaban J connectivity index is 1.69. The molecule has 22 heavy (non-hydrogen) atoms. The zero-order valence-corrected chi connectivity index (χ0v) is 12.2. The molecule has 3 rings (SSSR count). The van der Waals surface area contributed by atoms with Gasteiger partial charge in [0.2, 0.25) is 5.76 Å². The predicted molar refractivity (Wildman–Crippen MR) is 84.4 cm³/mol. The maximum Gasteiger partial charge on any atom is 0.204 e. The molecular weight excluding hydrogens is 274 g/mol. The number of nitrogens with zero attached hydrogens (tertiary/aromatic N) is 1. The van der Waals surface area contributed by atoms with E-state index in [1.54, 1.807) is 6.07 Å². The van der Waals surface area contributed by atoms with Gasteiger partial charge < -0.3 is 9.15 Å². The fraction of sp³-hybridized carbons (Fsp3) is 0.105. The van der Waals surface area contributed by atoms with Crippen LogP contribution in [-0.2, 0) is 6.61 Å². The van der Waals surface area contributed by atoms with Gasteiger partial charge in [0.25, 0.3) is 0 Å². The van der Waals surface area contributed by atoms with Gasteiger partial charge in [0.05, 0.1) is 0 Å². The number of benzene rings is 2. The molecule has 108 valence electrons. The van der Waals surface area contributed by atoms with Gasteiger partial charge in [0.15, 0.2) is 0 Å². The standard InChI is InChI=1S/C19H15NO2/c1-14-17(11-19(12-20)22-14)13-21-18-9-7-16(8-10-18)15-5-3-2-4-6-15/h2-11H,13H2,1H3. The van der Waals surface area contributed by atoms with Crippen LogP contribution < -0.4 is 4.74 Å². The van der Waals surface area contributed by atoms with E-state index in [9.17, 15) is 0 Å². The number of aryl methyl sites for hydroxylation is 1. The number of ether oxygens (including phenoxy) is 1. The van der Waals surface area contributed by atoms with Crippen molar-refractivity contribution < 1.29 is 9.15 Å². The second kappa shape index (κ2) is 6.19. The third-order valence-corrected chi connectivity index (χ3v) is 3.49. The summed E-state index contributed by atoms with van der Waals surface area (Å²) in [5.74, 6) is 1.83. The molecule has 0 saturated heterocycles. The Morgan fingerprint density at radius 1 is 1.00 bits per heavy atom. The van der Waals surface area contributed by atoms with Crippen molar-refractivity contribution in [3.8, 4) is 22.9 Å². The van der Waals surface area contributed by atoms with E-state index in [4.69, 9.17) is 14.4 Å². The lowest BCUT2D eigenvalue weighted by Crippen LogP contribution is -1.95. The molecule has 0 spiro atoms. The lowest BCUT2D eigenvalue weighted by molar-refractivity contribution is 0.303. The van der Waals surface area contributed by atoms with E-state index in [0.29, 0.717) is 12.4 Å². The van der Waals surface area contributed by atoms with Gasteiger partial charge in [0, 0.05) is 11.6 Å². The molecule has 1 aromatic heterocycles. The number of furan rings is 1. The second-order valence-electron chi connectivity index (χ2n) is 4.98. The van der Waals surface area contributed by atoms with Gasteiger partial charge in [-0.15, -0.1) is 0 Å². The Labute approximate surface area is 129 Å². The Morgan fingerprint density at radius 3 is 2.32 bits per heavy atom. The lowest BCUT2D eigenvalue weighted by Gasteiger charge is -2.07. The minimum absolute atomic E-state index is 0.315. The smallest absolute Gasteiger partial charge is 0.204 e. The molecule has 3 aromatic rings. The quantitative estimate of drug-likeness (QED) is 0.699. The highest BCUT2D eigenvalue weighted by molar-refractivity contribution is 5.63. The van der Waals surface area contributed by atoms with Crippen LogP contribution >= 0.6 is 0 Å². The third-order valence-electron chi connectivity index (χ3n) is 3.49. The van der Waals surface area contributed by atoms with Crippen LogP contribution in [-0.4, -0.2) is 0 Å². The summed E-state index contributed by atoms with van der Waals surface area (Å²) >= 11 is 0. The van der Waals surface area contributed by atoms with Crippen molar-refractivity contribution in [2.24, 2.45) is 0 Å². The molecule has 0 bridgehead atoms. The summed E-state index contributed by atoms with van der Waals surface area (Å²) in [6.07, 6.45) is 0. The summed E-state index contributed by atoms with van der Waals surface area (Å²) < 4.78 is 11.0. The molecular formula is C19H15NO2. The van der Waals surface area contributed by atoms with E-state index < -0.39 is 0 Å². The highest BCUT2D eigenvalue weighted by Crippen LogP contribution is 2.23. The van der Waals surface area contributed by atoms with E-state index in [0.717, 1.165) is 22.6 Å². The van der Waals surface area contributed by atoms with Gasteiger partial charge in [-0.2, -0.15) is 5.26 Å². The second-order valence-corrected chi connectivity index (χ2v) is 4.98. The van der Waals surface area contributed by atoms with Crippen LogP contribution in [0.2, 0.25) is 0 Å². The summed E-state index contributed by atoms with van der Waals surface area (Å²) in [6, 6.07) is 21.9. The third kappa shape index (κ3) is 3.02. The zero-order chi connectivity index (χ0) is 15.4. The van der Waals surface area contributed by atoms with Gasteiger partial charge >= 0.3 is 0 Å². The van der Waals surface area contributed by atoms with Crippen molar-refractivity contribution in [1.29, 1.82) is 5.26 Å². The molecule has 0 atom stereocenters. The molecule has 0 unspecified atom stereocenters. The largest absolute Gasteiger partial charge is 0.489 e. The molecule has 0 radical (unpaired) electrons. The Bertz CT molecular complexity index is 796. The molecule has 0 aliphatic heterocycles. The molecule has 0 aliphatic carbocycles. The highest BCUT2D eigenvalue weighted by atomic mass is 16.5. The summed E-state index contributed by atoms with van der Waals surface area (Å²) in [4.78, 5) is 0. The molecule has 3 heteroatoms. The van der Waals surface area contributed by atoms with E-state index in [2.05, 4.69) is 12.1 Å². The van der Waals surface area contributed by atoms with Gasteiger partial charge in [-0.3, -0.25) is 0 Å². The number of hydrogen-bond acceptors (Lipinski definition) is 3. The van der Waals surface area contributed by atoms with Crippen molar-refractivity contribution in [3.05, 3.63) is 77.7 Å². The Kier molecular flexibility index (Phi) is 3.93. The minimum atomic E-state index is 0.315. The predicted octanol–water partition coefficient (Wildman–Crippen LogP) is 4.71. The van der Waals surface area contributed by atoms with Crippen LogP contribution in [0.4, 0.5) is 0 Å². The Morgan fingerprint density at radius 2 is 1.68 bits per heavy atom. The summed E-state index contributed by atoms with van der Waals surface area (Å²) in [7, 11) is 0. The maximum atomic E-state index is 8.81. The average Bonchev–Trinajstić information content (AvgIpc) is 2.94. The Hall–Kier alpha value is -2.99. The van der Waals surface area contributed by atoms with Gasteiger partial charge in [-0.1, -0.05) is 42.5 Å². The van der Waals surface area contributed by atoms with Crippen molar-refractivity contribution in [3.63, 3.8) is 0 Å². The highest BCUT2D eigenvalue weighted by Gasteiger charge is 2.07. The first kappa shape index (κ1) is 14.0. The maximum absolute atomic E-state index is 8.81. The van der Waals surface area contributed by atoms with Crippen molar-refractivity contribution in [2.75, 3.05) is 0 Å². The molecule has 1 heterocycles. The van der Waals surface area contributed by atoms with E-state index in [1.807, 2.05) is 55.5 Å². The average molecular weight is 289 g/mol. The zero-order valence-electron chi connectivity index (χ0n) is 12.2. The molecule has 2 aromatic carbocycles. The SMILES string of the molecule is Cc1oc(C#N)cc1COc1ccc(-c2ccccc2)cc1. The van der Waals surface area contributed by atoms with Crippen molar-refractivity contribution in [1.82, 2.24) is 0 Å². The number of hydrogen-bond donors (Lipinski definition) is 0. The van der Waals surface area contributed by atoms with Gasteiger partial charge in [0.1, 0.15) is 24.2 Å². The van der Waals surface area contributed by atoms with E-state index in [1.165, 1.54) is 5.56 Å². The number of nitriles is 1. The molecule has 0 saturated carbocycles. The molecule has 3 nitrogen and oxygen atoms in total. The fourth-order valence-electron chi connectivity index (χ4n) is 2.25.